The van der Waals surface area contributed by atoms with E-state index in [1.165, 1.54) is 11.8 Å². The van der Waals surface area contributed by atoms with Gasteiger partial charge in [-0.15, -0.1) is 0 Å². The average Bonchev–Trinajstić information content (AvgIpc) is 2.89. The first-order valence-electron chi connectivity index (χ1n) is 6.77. The summed E-state index contributed by atoms with van der Waals surface area (Å²) < 4.78 is 11.0. The normalized spacial score (nSPS) is 10.3. The number of nitrogens with one attached hydrogen (secondary N) is 1. The Morgan fingerprint density at radius 3 is 2.90 bits per heavy atom. The molecule has 1 aromatic carbocycles. The lowest BCUT2D eigenvalue weighted by molar-refractivity contribution is 0.276. The van der Waals surface area contributed by atoms with Crippen LogP contribution in [0.3, 0.4) is 0 Å². The van der Waals surface area contributed by atoms with Gasteiger partial charge in [-0.2, -0.15) is 4.98 Å². The number of aromatic nitrogens is 1. The molecule has 112 valence electrons. The molecule has 0 unspecified atom stereocenters. The second-order valence-corrected chi connectivity index (χ2v) is 5.00. The van der Waals surface area contributed by atoms with E-state index in [1.54, 1.807) is 0 Å². The van der Waals surface area contributed by atoms with Crippen molar-refractivity contribution in [1.82, 2.24) is 4.98 Å². The van der Waals surface area contributed by atoms with Gasteiger partial charge in [0.05, 0.1) is 6.61 Å². The van der Waals surface area contributed by atoms with Crippen LogP contribution in [0.4, 0.5) is 11.7 Å². The number of oxazole rings is 1. The highest BCUT2D eigenvalue weighted by Gasteiger charge is 2.06. The van der Waals surface area contributed by atoms with Gasteiger partial charge in [-0.05, 0) is 38.5 Å². The molecule has 2 N–H and O–H groups in total. The highest BCUT2D eigenvalue weighted by molar-refractivity contribution is 5.57. The van der Waals surface area contributed by atoms with Crippen molar-refractivity contribution in [2.75, 3.05) is 11.9 Å². The molecular formula is C16H20N2O3. The van der Waals surface area contributed by atoms with Gasteiger partial charge in [0.25, 0.3) is 6.01 Å². The Hall–Kier alpha value is -2.27. The van der Waals surface area contributed by atoms with Gasteiger partial charge in [0, 0.05) is 11.8 Å². The van der Waals surface area contributed by atoms with Crippen molar-refractivity contribution in [2.45, 2.75) is 27.4 Å². The Morgan fingerprint density at radius 2 is 2.24 bits per heavy atom. The maximum Gasteiger partial charge on any atom is 0.299 e. The predicted molar refractivity (Wildman–Crippen MR) is 81.8 cm³/mol. The molecule has 2 rings (SSSR count). The topological polar surface area (TPSA) is 67.5 Å². The lowest BCUT2D eigenvalue weighted by Gasteiger charge is -2.10. The summed E-state index contributed by atoms with van der Waals surface area (Å²) in [5, 5.41) is 12.0. The molecular weight excluding hydrogens is 268 g/mol. The van der Waals surface area contributed by atoms with Gasteiger partial charge >= 0.3 is 0 Å². The van der Waals surface area contributed by atoms with E-state index >= 15 is 0 Å². The Kier molecular flexibility index (Phi) is 5.00. The summed E-state index contributed by atoms with van der Waals surface area (Å²) in [6.07, 6.45) is 3.45. The van der Waals surface area contributed by atoms with Crippen molar-refractivity contribution >= 4 is 11.7 Å². The van der Waals surface area contributed by atoms with Gasteiger partial charge in [-0.1, -0.05) is 11.6 Å². The standard InChI is InChI=1S/C16H20N2O3/c1-11(2)6-7-20-15-8-13(5-4-12(15)3)17-16-18-14(9-19)10-21-16/h4-6,8,10,19H,7,9H2,1-3H3,(H,17,18). The Bertz CT molecular complexity index is 628. The molecule has 0 radical (unpaired) electrons. The number of allylic oxidation sites excluding steroid dienone is 1. The van der Waals surface area contributed by atoms with E-state index in [4.69, 9.17) is 14.3 Å². The lowest BCUT2D eigenvalue weighted by atomic mass is 10.2. The molecule has 0 bridgehead atoms. The Labute approximate surface area is 124 Å². The second kappa shape index (κ2) is 6.95. The second-order valence-electron chi connectivity index (χ2n) is 5.00. The minimum Gasteiger partial charge on any atom is -0.489 e. The van der Waals surface area contributed by atoms with Gasteiger partial charge < -0.3 is 19.6 Å². The fourth-order valence-corrected chi connectivity index (χ4v) is 1.69. The number of ether oxygens (including phenoxy) is 1. The van der Waals surface area contributed by atoms with E-state index in [0.29, 0.717) is 18.3 Å². The summed E-state index contributed by atoms with van der Waals surface area (Å²) in [6.45, 7) is 6.47. The van der Waals surface area contributed by atoms with Crippen LogP contribution in [0.5, 0.6) is 5.75 Å². The first-order chi connectivity index (χ1) is 10.1. The number of benzene rings is 1. The minimum atomic E-state index is -0.143. The van der Waals surface area contributed by atoms with Crippen LogP contribution in [0, 0.1) is 6.92 Å². The monoisotopic (exact) mass is 288 g/mol. The smallest absolute Gasteiger partial charge is 0.299 e. The molecule has 0 spiro atoms. The van der Waals surface area contributed by atoms with Crippen LogP contribution in [-0.2, 0) is 6.61 Å². The van der Waals surface area contributed by atoms with Crippen molar-refractivity contribution in [3.63, 3.8) is 0 Å². The Morgan fingerprint density at radius 1 is 1.43 bits per heavy atom. The summed E-state index contributed by atoms with van der Waals surface area (Å²) >= 11 is 0. The zero-order chi connectivity index (χ0) is 15.2. The molecule has 5 nitrogen and oxygen atoms in total. The number of nitrogens with zero attached hydrogens (tertiary/aromatic N) is 1. The van der Waals surface area contributed by atoms with E-state index in [-0.39, 0.29) is 6.61 Å². The van der Waals surface area contributed by atoms with Crippen LogP contribution in [0.15, 0.2) is 40.5 Å². The largest absolute Gasteiger partial charge is 0.489 e. The number of hydrogen-bond acceptors (Lipinski definition) is 5. The minimum absolute atomic E-state index is 0.143. The molecule has 0 saturated heterocycles. The van der Waals surface area contributed by atoms with Crippen LogP contribution in [-0.4, -0.2) is 16.7 Å². The van der Waals surface area contributed by atoms with Gasteiger partial charge in [0.1, 0.15) is 24.3 Å². The zero-order valence-electron chi connectivity index (χ0n) is 12.5. The zero-order valence-corrected chi connectivity index (χ0v) is 12.5. The molecule has 1 heterocycles. The predicted octanol–water partition coefficient (Wildman–Crippen LogP) is 3.56. The fraction of sp³-hybridized carbons (Fsp3) is 0.312. The molecule has 5 heteroatoms. The first-order valence-corrected chi connectivity index (χ1v) is 6.77. The summed E-state index contributed by atoms with van der Waals surface area (Å²) in [5.74, 6) is 0.812. The summed E-state index contributed by atoms with van der Waals surface area (Å²) in [7, 11) is 0. The van der Waals surface area contributed by atoms with Crippen LogP contribution >= 0.6 is 0 Å². The van der Waals surface area contributed by atoms with Crippen LogP contribution in [0.2, 0.25) is 0 Å². The average molecular weight is 288 g/mol. The number of hydrogen-bond donors (Lipinski definition) is 2. The maximum atomic E-state index is 8.96. The SMILES string of the molecule is CC(C)=CCOc1cc(Nc2nc(CO)co2)ccc1C. The van der Waals surface area contributed by atoms with Crippen molar-refractivity contribution in [3.8, 4) is 5.75 Å². The van der Waals surface area contributed by atoms with E-state index in [0.717, 1.165) is 17.0 Å². The third-order valence-electron chi connectivity index (χ3n) is 2.88. The van der Waals surface area contributed by atoms with Crippen molar-refractivity contribution in [2.24, 2.45) is 0 Å². The molecule has 0 aliphatic carbocycles. The van der Waals surface area contributed by atoms with Gasteiger partial charge in [0.2, 0.25) is 0 Å². The highest BCUT2D eigenvalue weighted by atomic mass is 16.5. The third kappa shape index (κ3) is 4.36. The van der Waals surface area contributed by atoms with Gasteiger partial charge in [-0.25, -0.2) is 0 Å². The summed E-state index contributed by atoms with van der Waals surface area (Å²) in [5.41, 5.74) is 3.59. The molecule has 0 aliphatic rings. The van der Waals surface area contributed by atoms with Crippen LogP contribution in [0.25, 0.3) is 0 Å². The highest BCUT2D eigenvalue weighted by Crippen LogP contribution is 2.25. The molecule has 0 fully saturated rings. The third-order valence-corrected chi connectivity index (χ3v) is 2.88. The van der Waals surface area contributed by atoms with E-state index in [9.17, 15) is 0 Å². The molecule has 0 saturated carbocycles. The number of aliphatic hydroxyl groups excluding tert-OH is 1. The summed E-state index contributed by atoms with van der Waals surface area (Å²) in [6, 6.07) is 6.14. The quantitative estimate of drug-likeness (QED) is 0.795. The maximum absolute atomic E-state index is 8.96. The number of rotatable bonds is 6. The van der Waals surface area contributed by atoms with Crippen molar-refractivity contribution < 1.29 is 14.3 Å². The molecule has 2 aromatic rings. The first kappa shape index (κ1) is 15.1. The van der Waals surface area contributed by atoms with E-state index < -0.39 is 0 Å². The molecule has 21 heavy (non-hydrogen) atoms. The molecule has 0 atom stereocenters. The molecule has 0 amide bonds. The fourth-order valence-electron chi connectivity index (χ4n) is 1.69. The van der Waals surface area contributed by atoms with Gasteiger partial charge in [-0.3, -0.25) is 0 Å². The number of aliphatic hydroxyl groups is 1. The van der Waals surface area contributed by atoms with Crippen molar-refractivity contribution in [1.29, 1.82) is 0 Å². The molecule has 1 aromatic heterocycles. The van der Waals surface area contributed by atoms with Gasteiger partial charge in [0.15, 0.2) is 0 Å². The number of aryl methyl sites for hydroxylation is 1. The van der Waals surface area contributed by atoms with Crippen LogP contribution < -0.4 is 10.1 Å². The van der Waals surface area contributed by atoms with E-state index in [1.807, 2.05) is 45.0 Å². The van der Waals surface area contributed by atoms with E-state index in [2.05, 4.69) is 10.3 Å². The lowest BCUT2D eigenvalue weighted by Crippen LogP contribution is -1.98. The Balaban J connectivity index is 2.08. The summed E-state index contributed by atoms with van der Waals surface area (Å²) in [4.78, 5) is 4.08. The van der Waals surface area contributed by atoms with Crippen LogP contribution in [0.1, 0.15) is 25.1 Å². The molecule has 0 aliphatic heterocycles. The van der Waals surface area contributed by atoms with Crippen molar-refractivity contribution in [3.05, 3.63) is 47.4 Å². The number of anilines is 2.